The van der Waals surface area contributed by atoms with E-state index in [2.05, 4.69) is 20.7 Å². The lowest BCUT2D eigenvalue weighted by atomic mass is 10.2. The molecule has 31 heavy (non-hydrogen) atoms. The molecule has 0 fully saturated rings. The Morgan fingerprint density at radius 3 is 2.65 bits per heavy atom. The standard InChI is InChI=1S/C22H18ClN5OS2/c1-15-11-12-30-19(15)13-24-25-20(29)14-31-22-27-26-21(16-7-9-17(23)10-8-16)28(22)18-5-3-2-4-6-18/h2-13H,14H2,1H3,(H,25,29)/b24-13+. The molecule has 1 N–H and O–H groups in total. The summed E-state index contributed by atoms with van der Waals surface area (Å²) < 4.78 is 1.93. The molecule has 1 amide bonds. The first kappa shape index (κ1) is 21.3. The minimum atomic E-state index is -0.217. The number of thioether (sulfide) groups is 1. The van der Waals surface area contributed by atoms with Gasteiger partial charge in [-0.15, -0.1) is 21.5 Å². The molecule has 0 saturated heterocycles. The molecule has 0 bridgehead atoms. The van der Waals surface area contributed by atoms with Gasteiger partial charge in [0.2, 0.25) is 0 Å². The molecule has 4 aromatic rings. The van der Waals surface area contributed by atoms with Crippen LogP contribution in [0.5, 0.6) is 0 Å². The fourth-order valence-corrected chi connectivity index (χ4v) is 4.46. The second-order valence-corrected chi connectivity index (χ2v) is 8.86. The minimum absolute atomic E-state index is 0.159. The summed E-state index contributed by atoms with van der Waals surface area (Å²) in [5.41, 5.74) is 5.49. The van der Waals surface area contributed by atoms with Crippen molar-refractivity contribution >= 4 is 46.8 Å². The Hall–Kier alpha value is -2.94. The van der Waals surface area contributed by atoms with Crippen molar-refractivity contribution in [3.63, 3.8) is 0 Å². The number of nitrogens with zero attached hydrogens (tertiary/aromatic N) is 4. The summed E-state index contributed by atoms with van der Waals surface area (Å²) in [7, 11) is 0. The van der Waals surface area contributed by atoms with E-state index < -0.39 is 0 Å². The fourth-order valence-electron chi connectivity index (χ4n) is 2.80. The first-order chi connectivity index (χ1) is 15.1. The summed E-state index contributed by atoms with van der Waals surface area (Å²) in [5, 5.41) is 16.0. The van der Waals surface area contributed by atoms with Gasteiger partial charge >= 0.3 is 0 Å². The highest BCUT2D eigenvalue weighted by molar-refractivity contribution is 7.99. The van der Waals surface area contributed by atoms with E-state index in [9.17, 15) is 4.79 Å². The zero-order chi connectivity index (χ0) is 21.6. The van der Waals surface area contributed by atoms with Gasteiger partial charge in [0, 0.05) is 21.2 Å². The smallest absolute Gasteiger partial charge is 0.250 e. The van der Waals surface area contributed by atoms with Gasteiger partial charge in [-0.25, -0.2) is 5.43 Å². The summed E-state index contributed by atoms with van der Waals surface area (Å²) in [6.07, 6.45) is 1.66. The molecule has 0 aliphatic rings. The third kappa shape index (κ3) is 5.22. The zero-order valence-electron chi connectivity index (χ0n) is 16.5. The molecule has 4 rings (SSSR count). The van der Waals surface area contributed by atoms with E-state index in [1.165, 1.54) is 11.8 Å². The van der Waals surface area contributed by atoms with Crippen molar-refractivity contribution in [2.24, 2.45) is 5.10 Å². The van der Waals surface area contributed by atoms with Gasteiger partial charge in [0.05, 0.1) is 12.0 Å². The molecular formula is C22H18ClN5OS2. The minimum Gasteiger partial charge on any atom is -0.272 e. The lowest BCUT2D eigenvalue weighted by Gasteiger charge is -2.10. The van der Waals surface area contributed by atoms with Crippen molar-refractivity contribution in [2.45, 2.75) is 12.1 Å². The second kappa shape index (κ2) is 9.91. The van der Waals surface area contributed by atoms with Crippen LogP contribution in [-0.4, -0.2) is 32.6 Å². The molecule has 2 heterocycles. The van der Waals surface area contributed by atoms with E-state index in [1.54, 1.807) is 17.6 Å². The van der Waals surface area contributed by atoms with Gasteiger partial charge in [-0.3, -0.25) is 9.36 Å². The van der Waals surface area contributed by atoms with Crippen LogP contribution < -0.4 is 5.43 Å². The van der Waals surface area contributed by atoms with Crippen LogP contribution in [0.4, 0.5) is 0 Å². The van der Waals surface area contributed by atoms with Crippen molar-refractivity contribution in [2.75, 3.05) is 5.75 Å². The van der Waals surface area contributed by atoms with E-state index in [4.69, 9.17) is 11.6 Å². The first-order valence-electron chi connectivity index (χ1n) is 9.37. The van der Waals surface area contributed by atoms with Crippen molar-refractivity contribution in [3.05, 3.63) is 81.5 Å². The highest BCUT2D eigenvalue weighted by Gasteiger charge is 2.17. The maximum atomic E-state index is 12.3. The number of rotatable bonds is 7. The molecule has 6 nitrogen and oxygen atoms in total. The molecule has 0 spiro atoms. The third-order valence-corrected chi connectivity index (χ3v) is 6.49. The van der Waals surface area contributed by atoms with Crippen LogP contribution in [0.25, 0.3) is 17.1 Å². The van der Waals surface area contributed by atoms with Crippen LogP contribution in [0.2, 0.25) is 5.02 Å². The number of amides is 1. The normalized spacial score (nSPS) is 11.2. The second-order valence-electron chi connectivity index (χ2n) is 6.53. The topological polar surface area (TPSA) is 72.2 Å². The molecule has 9 heteroatoms. The molecule has 0 radical (unpaired) electrons. The molecule has 0 aliphatic carbocycles. The maximum absolute atomic E-state index is 12.3. The Kier molecular flexibility index (Phi) is 6.81. The number of aromatic nitrogens is 3. The number of hydrazone groups is 1. The van der Waals surface area contributed by atoms with Crippen LogP contribution >= 0.6 is 34.7 Å². The number of para-hydroxylation sites is 1. The predicted octanol–water partition coefficient (Wildman–Crippen LogP) is 5.20. The Labute approximate surface area is 193 Å². The lowest BCUT2D eigenvalue weighted by molar-refractivity contribution is -0.118. The predicted molar refractivity (Wildman–Crippen MR) is 127 cm³/mol. The van der Waals surface area contributed by atoms with Crippen LogP contribution in [0.15, 0.2) is 76.3 Å². The van der Waals surface area contributed by atoms with Crippen molar-refractivity contribution in [1.29, 1.82) is 0 Å². The molecular weight excluding hydrogens is 450 g/mol. The summed E-state index contributed by atoms with van der Waals surface area (Å²) in [4.78, 5) is 13.3. The molecule has 2 aromatic heterocycles. The van der Waals surface area contributed by atoms with Gasteiger partial charge < -0.3 is 0 Å². The van der Waals surface area contributed by atoms with Gasteiger partial charge in [-0.2, -0.15) is 5.10 Å². The zero-order valence-corrected chi connectivity index (χ0v) is 18.9. The SMILES string of the molecule is Cc1ccsc1/C=N/NC(=O)CSc1nnc(-c2ccc(Cl)cc2)n1-c1ccccc1. The molecule has 0 unspecified atom stereocenters. The average Bonchev–Trinajstić information content (AvgIpc) is 3.39. The number of hydrogen-bond acceptors (Lipinski definition) is 6. The summed E-state index contributed by atoms with van der Waals surface area (Å²) in [6, 6.07) is 19.2. The number of halogens is 1. The van der Waals surface area contributed by atoms with Gasteiger partial charge in [-0.05, 0) is 60.3 Å². The van der Waals surface area contributed by atoms with Crippen molar-refractivity contribution < 1.29 is 4.79 Å². The Morgan fingerprint density at radius 2 is 1.94 bits per heavy atom. The van der Waals surface area contributed by atoms with E-state index >= 15 is 0 Å². The number of carbonyl (C=O) groups excluding carboxylic acids is 1. The Balaban J connectivity index is 1.51. The number of carbonyl (C=O) groups is 1. The first-order valence-corrected chi connectivity index (χ1v) is 11.6. The maximum Gasteiger partial charge on any atom is 0.250 e. The van der Waals surface area contributed by atoms with Crippen LogP contribution in [-0.2, 0) is 4.79 Å². The van der Waals surface area contributed by atoms with Crippen molar-refractivity contribution in [1.82, 2.24) is 20.2 Å². The van der Waals surface area contributed by atoms with E-state index in [1.807, 2.05) is 77.5 Å². The Bertz CT molecular complexity index is 1200. The summed E-state index contributed by atoms with van der Waals surface area (Å²) >= 11 is 8.90. The molecule has 0 saturated carbocycles. The monoisotopic (exact) mass is 467 g/mol. The summed E-state index contributed by atoms with van der Waals surface area (Å²) in [6.45, 7) is 2.00. The molecule has 0 aliphatic heterocycles. The highest BCUT2D eigenvalue weighted by Crippen LogP contribution is 2.28. The fraction of sp³-hybridized carbons (Fsp3) is 0.0909. The molecule has 156 valence electrons. The van der Waals surface area contributed by atoms with Crippen molar-refractivity contribution in [3.8, 4) is 17.1 Å². The quantitative estimate of drug-likeness (QED) is 0.230. The van der Waals surface area contributed by atoms with Gasteiger partial charge in [0.25, 0.3) is 5.91 Å². The summed E-state index contributed by atoms with van der Waals surface area (Å²) in [5.74, 6) is 0.620. The highest BCUT2D eigenvalue weighted by atomic mass is 35.5. The number of benzene rings is 2. The van der Waals surface area contributed by atoms with E-state index in [0.717, 1.165) is 21.7 Å². The van der Waals surface area contributed by atoms with E-state index in [0.29, 0.717) is 16.0 Å². The van der Waals surface area contributed by atoms with Crippen LogP contribution in [0.1, 0.15) is 10.4 Å². The van der Waals surface area contributed by atoms with Gasteiger partial charge in [0.1, 0.15) is 0 Å². The number of aryl methyl sites for hydroxylation is 1. The number of thiophene rings is 1. The lowest BCUT2D eigenvalue weighted by Crippen LogP contribution is -2.20. The number of nitrogens with one attached hydrogen (secondary N) is 1. The Morgan fingerprint density at radius 1 is 1.16 bits per heavy atom. The van der Waals surface area contributed by atoms with Crippen LogP contribution in [0, 0.1) is 6.92 Å². The largest absolute Gasteiger partial charge is 0.272 e. The molecule has 2 aromatic carbocycles. The van der Waals surface area contributed by atoms with Gasteiger partial charge in [-0.1, -0.05) is 41.6 Å². The van der Waals surface area contributed by atoms with Crippen LogP contribution in [0.3, 0.4) is 0 Å². The van der Waals surface area contributed by atoms with Gasteiger partial charge in [0.15, 0.2) is 11.0 Å². The average molecular weight is 468 g/mol. The third-order valence-electron chi connectivity index (χ3n) is 4.36. The number of hydrogen-bond donors (Lipinski definition) is 1. The molecule has 0 atom stereocenters. The van der Waals surface area contributed by atoms with E-state index in [-0.39, 0.29) is 11.7 Å².